The van der Waals surface area contributed by atoms with Crippen LogP contribution >= 0.6 is 0 Å². The molecule has 0 aromatic heterocycles. The summed E-state index contributed by atoms with van der Waals surface area (Å²) in [7, 11) is 0. The van der Waals surface area contributed by atoms with Crippen molar-refractivity contribution >= 4 is 0 Å². The molecule has 1 saturated heterocycles. The molecule has 2 heteroatoms. The third-order valence-corrected chi connectivity index (χ3v) is 4.63. The Balaban J connectivity index is 2.63. The van der Waals surface area contributed by atoms with Crippen molar-refractivity contribution in [1.29, 1.82) is 0 Å². The van der Waals surface area contributed by atoms with Crippen LogP contribution in [0.2, 0.25) is 0 Å². The van der Waals surface area contributed by atoms with Gasteiger partial charge in [-0.3, -0.25) is 4.90 Å². The Hall–Kier alpha value is -0.0800. The second-order valence-corrected chi connectivity index (χ2v) is 6.24. The van der Waals surface area contributed by atoms with Crippen LogP contribution in [0.25, 0.3) is 0 Å². The summed E-state index contributed by atoms with van der Waals surface area (Å²) in [4.78, 5) is 2.86. The van der Waals surface area contributed by atoms with Crippen molar-refractivity contribution in [2.45, 2.75) is 97.2 Å². The van der Waals surface area contributed by atoms with Crippen molar-refractivity contribution in [3.05, 3.63) is 0 Å². The fourth-order valence-electron chi connectivity index (χ4n) is 3.50. The summed E-state index contributed by atoms with van der Waals surface area (Å²) in [6, 6.07) is 2.33. The Morgan fingerprint density at radius 1 is 1.05 bits per heavy atom. The molecule has 1 aliphatic rings. The molecule has 0 spiro atoms. The molecule has 0 aliphatic carbocycles. The van der Waals surface area contributed by atoms with Gasteiger partial charge in [0, 0.05) is 31.2 Å². The topological polar surface area (TPSA) is 15.3 Å². The minimum atomic E-state index is 0.730. The van der Waals surface area contributed by atoms with Crippen molar-refractivity contribution < 1.29 is 0 Å². The molecule has 3 unspecified atom stereocenters. The maximum Gasteiger partial charge on any atom is 0.0221 e. The Labute approximate surface area is 121 Å². The lowest BCUT2D eigenvalue weighted by atomic mass is 9.96. The Morgan fingerprint density at radius 3 is 2.42 bits per heavy atom. The van der Waals surface area contributed by atoms with Gasteiger partial charge >= 0.3 is 0 Å². The van der Waals surface area contributed by atoms with Crippen LogP contribution in [0.1, 0.15) is 79.1 Å². The van der Waals surface area contributed by atoms with E-state index in [2.05, 4.69) is 37.9 Å². The van der Waals surface area contributed by atoms with Crippen LogP contribution in [-0.2, 0) is 0 Å². The number of unbranched alkanes of at least 4 members (excludes halogenated alkanes) is 1. The van der Waals surface area contributed by atoms with Gasteiger partial charge in [0.25, 0.3) is 0 Å². The number of hydrogen-bond donors (Lipinski definition) is 1. The Morgan fingerprint density at radius 2 is 1.84 bits per heavy atom. The highest BCUT2D eigenvalue weighted by Crippen LogP contribution is 2.22. The molecule has 0 radical (unpaired) electrons. The molecule has 0 saturated carbocycles. The van der Waals surface area contributed by atoms with E-state index in [9.17, 15) is 0 Å². The molecule has 0 bridgehead atoms. The molecular weight excluding hydrogens is 232 g/mol. The van der Waals surface area contributed by atoms with Crippen LogP contribution < -0.4 is 5.32 Å². The largest absolute Gasteiger partial charge is 0.311 e. The highest BCUT2D eigenvalue weighted by atomic mass is 15.3. The molecular formula is C17H36N2. The van der Waals surface area contributed by atoms with Crippen molar-refractivity contribution in [1.82, 2.24) is 10.2 Å². The molecule has 0 aromatic carbocycles. The highest BCUT2D eigenvalue weighted by molar-refractivity contribution is 4.89. The monoisotopic (exact) mass is 268 g/mol. The molecule has 1 aliphatic heterocycles. The van der Waals surface area contributed by atoms with E-state index < -0.39 is 0 Å². The molecule has 19 heavy (non-hydrogen) atoms. The van der Waals surface area contributed by atoms with Crippen LogP contribution in [0.5, 0.6) is 0 Å². The Bertz CT molecular complexity index is 217. The number of rotatable bonds is 9. The predicted octanol–water partition coefficient (Wildman–Crippen LogP) is 4.20. The van der Waals surface area contributed by atoms with Gasteiger partial charge in [-0.1, -0.05) is 53.4 Å². The van der Waals surface area contributed by atoms with Gasteiger partial charge in [0.15, 0.2) is 0 Å². The minimum Gasteiger partial charge on any atom is -0.311 e. The molecule has 0 amide bonds. The van der Waals surface area contributed by atoms with Crippen LogP contribution in [0, 0.1) is 0 Å². The zero-order valence-corrected chi connectivity index (χ0v) is 13.8. The number of piperazine rings is 1. The van der Waals surface area contributed by atoms with E-state index >= 15 is 0 Å². The normalized spacial score (nSPS) is 26.5. The molecule has 114 valence electrons. The maximum atomic E-state index is 3.76. The van der Waals surface area contributed by atoms with E-state index in [0.29, 0.717) is 0 Å². The summed E-state index contributed by atoms with van der Waals surface area (Å²) in [6.07, 6.45) is 10.8. The molecule has 1 fully saturated rings. The summed E-state index contributed by atoms with van der Waals surface area (Å²) in [5, 5.41) is 3.76. The van der Waals surface area contributed by atoms with Crippen molar-refractivity contribution in [3.8, 4) is 0 Å². The van der Waals surface area contributed by atoms with Crippen LogP contribution in [0.15, 0.2) is 0 Å². The lowest BCUT2D eigenvalue weighted by Crippen LogP contribution is -2.59. The molecule has 1 heterocycles. The lowest BCUT2D eigenvalue weighted by molar-refractivity contribution is 0.0659. The molecule has 2 nitrogen and oxygen atoms in total. The second kappa shape index (κ2) is 9.77. The SMILES string of the molecule is CCCCC(CCC)N1CC(CCC)NCC1CC. The summed E-state index contributed by atoms with van der Waals surface area (Å²) in [5.74, 6) is 0. The van der Waals surface area contributed by atoms with E-state index in [4.69, 9.17) is 0 Å². The average molecular weight is 268 g/mol. The third kappa shape index (κ3) is 5.43. The van der Waals surface area contributed by atoms with Crippen LogP contribution in [-0.4, -0.2) is 36.1 Å². The van der Waals surface area contributed by atoms with Crippen molar-refractivity contribution in [2.24, 2.45) is 0 Å². The van der Waals surface area contributed by atoms with Crippen molar-refractivity contribution in [2.75, 3.05) is 13.1 Å². The molecule has 3 atom stereocenters. The van der Waals surface area contributed by atoms with Gasteiger partial charge in [0.2, 0.25) is 0 Å². The fraction of sp³-hybridized carbons (Fsp3) is 1.00. The zero-order chi connectivity index (χ0) is 14.1. The van der Waals surface area contributed by atoms with Gasteiger partial charge < -0.3 is 5.32 Å². The van der Waals surface area contributed by atoms with Gasteiger partial charge in [0.05, 0.1) is 0 Å². The fourth-order valence-corrected chi connectivity index (χ4v) is 3.50. The molecule has 0 aromatic rings. The summed E-state index contributed by atoms with van der Waals surface area (Å²) < 4.78 is 0. The van der Waals surface area contributed by atoms with Gasteiger partial charge in [0.1, 0.15) is 0 Å². The standard InChI is InChI=1S/C17H36N2/c1-5-9-12-17(11-7-3)19-14-15(10-6-2)18-13-16(19)8-4/h15-18H,5-14H2,1-4H3. The highest BCUT2D eigenvalue weighted by Gasteiger charge is 2.30. The third-order valence-electron chi connectivity index (χ3n) is 4.63. The zero-order valence-electron chi connectivity index (χ0n) is 13.8. The first-order chi connectivity index (χ1) is 9.26. The second-order valence-electron chi connectivity index (χ2n) is 6.24. The quantitative estimate of drug-likeness (QED) is 0.674. The maximum absolute atomic E-state index is 3.76. The van der Waals surface area contributed by atoms with E-state index in [-0.39, 0.29) is 0 Å². The van der Waals surface area contributed by atoms with E-state index in [1.54, 1.807) is 0 Å². The van der Waals surface area contributed by atoms with E-state index in [0.717, 1.165) is 18.1 Å². The van der Waals surface area contributed by atoms with Crippen LogP contribution in [0.4, 0.5) is 0 Å². The van der Waals surface area contributed by atoms with Crippen molar-refractivity contribution in [3.63, 3.8) is 0 Å². The van der Waals surface area contributed by atoms with Gasteiger partial charge in [-0.25, -0.2) is 0 Å². The van der Waals surface area contributed by atoms with E-state index in [1.165, 1.54) is 64.5 Å². The average Bonchev–Trinajstić information content (AvgIpc) is 2.44. The first kappa shape index (κ1) is 17.0. The minimum absolute atomic E-state index is 0.730. The smallest absolute Gasteiger partial charge is 0.0221 e. The lowest BCUT2D eigenvalue weighted by Gasteiger charge is -2.45. The number of nitrogens with zero attached hydrogens (tertiary/aromatic N) is 1. The van der Waals surface area contributed by atoms with Gasteiger partial charge in [-0.2, -0.15) is 0 Å². The number of hydrogen-bond acceptors (Lipinski definition) is 2. The first-order valence-corrected chi connectivity index (χ1v) is 8.75. The van der Waals surface area contributed by atoms with E-state index in [1.807, 2.05) is 0 Å². The summed E-state index contributed by atoms with van der Waals surface area (Å²) >= 11 is 0. The molecule has 1 rings (SSSR count). The Kier molecular flexibility index (Phi) is 8.72. The molecule has 1 N–H and O–H groups in total. The summed E-state index contributed by atoms with van der Waals surface area (Å²) in [6.45, 7) is 11.8. The predicted molar refractivity (Wildman–Crippen MR) is 85.7 cm³/mol. The van der Waals surface area contributed by atoms with Gasteiger partial charge in [-0.15, -0.1) is 0 Å². The summed E-state index contributed by atoms with van der Waals surface area (Å²) in [5.41, 5.74) is 0. The van der Waals surface area contributed by atoms with Crippen LogP contribution in [0.3, 0.4) is 0 Å². The number of nitrogens with one attached hydrogen (secondary N) is 1. The first-order valence-electron chi connectivity index (χ1n) is 8.75. The van der Waals surface area contributed by atoms with Gasteiger partial charge in [-0.05, 0) is 25.7 Å².